The zero-order valence-electron chi connectivity index (χ0n) is 18.1. The molecule has 1 unspecified atom stereocenters. The van der Waals surface area contributed by atoms with Crippen molar-refractivity contribution in [3.63, 3.8) is 0 Å². The van der Waals surface area contributed by atoms with E-state index in [2.05, 4.69) is 15.6 Å². The maximum Gasteiger partial charge on any atom is 0.225 e. The summed E-state index contributed by atoms with van der Waals surface area (Å²) in [6.45, 7) is 3.02. The largest absolute Gasteiger partial charge is 0.497 e. The number of hydrogen-bond acceptors (Lipinski definition) is 4. The monoisotopic (exact) mass is 530 g/mol. The van der Waals surface area contributed by atoms with E-state index in [1.165, 1.54) is 12.8 Å². The fourth-order valence-electron chi connectivity index (χ4n) is 4.04. The number of hydrogen-bond donors (Lipinski definition) is 2. The number of nitrogens with one attached hydrogen (secondary N) is 2. The van der Waals surface area contributed by atoms with E-state index in [0.717, 1.165) is 62.8 Å². The van der Waals surface area contributed by atoms with E-state index in [9.17, 15) is 4.79 Å². The lowest BCUT2D eigenvalue weighted by molar-refractivity contribution is -0.134. The Bertz CT molecular complexity index is 677. The van der Waals surface area contributed by atoms with Crippen molar-refractivity contribution in [3.05, 3.63) is 24.3 Å². The molecule has 2 fully saturated rings. The predicted molar refractivity (Wildman–Crippen MR) is 130 cm³/mol. The molecule has 1 saturated heterocycles. The first-order chi connectivity index (χ1) is 14.2. The molecule has 168 valence electrons. The van der Waals surface area contributed by atoms with Crippen molar-refractivity contribution in [1.29, 1.82) is 0 Å². The Hall–Kier alpha value is -1.71. The number of carbonyl (C=O) groups is 1. The van der Waals surface area contributed by atoms with Crippen LogP contribution >= 0.6 is 24.0 Å². The summed E-state index contributed by atoms with van der Waals surface area (Å²) in [7, 11) is 3.43. The second kappa shape index (κ2) is 12.9. The molecule has 1 heterocycles. The number of likely N-dealkylation sites (tertiary alicyclic amines) is 1. The van der Waals surface area contributed by atoms with Crippen molar-refractivity contribution >= 4 is 35.8 Å². The summed E-state index contributed by atoms with van der Waals surface area (Å²) < 4.78 is 10.9. The molecule has 1 aromatic rings. The quantitative estimate of drug-likeness (QED) is 0.234. The Morgan fingerprint density at radius 1 is 1.17 bits per heavy atom. The Kier molecular flexibility index (Phi) is 10.5. The van der Waals surface area contributed by atoms with Gasteiger partial charge in [-0.2, -0.15) is 0 Å². The number of rotatable bonds is 8. The van der Waals surface area contributed by atoms with E-state index in [4.69, 9.17) is 9.47 Å². The second-order valence-electron chi connectivity index (χ2n) is 7.77. The van der Waals surface area contributed by atoms with Crippen LogP contribution in [0.25, 0.3) is 0 Å². The van der Waals surface area contributed by atoms with Crippen molar-refractivity contribution in [2.45, 2.75) is 44.6 Å². The average Bonchev–Trinajstić information content (AvgIpc) is 3.45. The van der Waals surface area contributed by atoms with E-state index in [1.54, 1.807) is 14.2 Å². The van der Waals surface area contributed by atoms with Gasteiger partial charge in [-0.3, -0.25) is 9.79 Å². The number of guanidine groups is 1. The molecule has 8 heteroatoms. The Morgan fingerprint density at radius 2 is 1.87 bits per heavy atom. The number of benzene rings is 1. The average molecular weight is 530 g/mol. The minimum Gasteiger partial charge on any atom is -0.497 e. The molecule has 0 radical (unpaired) electrons. The SMILES string of the molecule is CN=C(NCCCOc1ccc(OC)cc1)NC1CCN(C(=O)C2CCCC2)C1.I. The Labute approximate surface area is 197 Å². The molecule has 7 nitrogen and oxygen atoms in total. The molecule has 1 aliphatic carbocycles. The number of nitrogens with zero attached hydrogens (tertiary/aromatic N) is 2. The van der Waals surface area contributed by atoms with Crippen LogP contribution in [0.3, 0.4) is 0 Å². The maximum atomic E-state index is 12.6. The molecule has 0 aromatic heterocycles. The summed E-state index contributed by atoms with van der Waals surface area (Å²) in [5.41, 5.74) is 0. The summed E-state index contributed by atoms with van der Waals surface area (Å²) >= 11 is 0. The fourth-order valence-corrected chi connectivity index (χ4v) is 4.04. The molecule has 0 spiro atoms. The van der Waals surface area contributed by atoms with E-state index in [1.807, 2.05) is 29.2 Å². The van der Waals surface area contributed by atoms with Gasteiger partial charge in [-0.25, -0.2) is 0 Å². The number of aliphatic imine (C=N–C) groups is 1. The van der Waals surface area contributed by atoms with Gasteiger partial charge in [0.05, 0.1) is 13.7 Å². The van der Waals surface area contributed by atoms with Gasteiger partial charge in [0, 0.05) is 38.6 Å². The highest BCUT2D eigenvalue weighted by Gasteiger charge is 2.32. The summed E-state index contributed by atoms with van der Waals surface area (Å²) in [4.78, 5) is 18.9. The molecular formula is C22H35IN4O3. The van der Waals surface area contributed by atoms with Crippen molar-refractivity contribution in [2.75, 3.05) is 40.4 Å². The molecule has 1 amide bonds. The first-order valence-electron chi connectivity index (χ1n) is 10.7. The fraction of sp³-hybridized carbons (Fsp3) is 0.636. The zero-order chi connectivity index (χ0) is 20.5. The molecule has 2 N–H and O–H groups in total. The number of carbonyl (C=O) groups excluding carboxylic acids is 1. The van der Waals surface area contributed by atoms with Crippen LogP contribution in [0.2, 0.25) is 0 Å². The maximum absolute atomic E-state index is 12.6. The van der Waals surface area contributed by atoms with Gasteiger partial charge >= 0.3 is 0 Å². The van der Waals surface area contributed by atoms with Gasteiger partial charge in [-0.15, -0.1) is 24.0 Å². The molecule has 0 bridgehead atoms. The molecule has 30 heavy (non-hydrogen) atoms. The van der Waals surface area contributed by atoms with Gasteiger partial charge in [0.1, 0.15) is 11.5 Å². The van der Waals surface area contributed by atoms with E-state index < -0.39 is 0 Å². The van der Waals surface area contributed by atoms with Gasteiger partial charge in [-0.05, 0) is 49.9 Å². The van der Waals surface area contributed by atoms with E-state index in [0.29, 0.717) is 12.5 Å². The van der Waals surface area contributed by atoms with Crippen LogP contribution in [-0.4, -0.2) is 63.2 Å². The minimum atomic E-state index is 0. The van der Waals surface area contributed by atoms with Crippen LogP contribution in [0, 0.1) is 5.92 Å². The van der Waals surface area contributed by atoms with Crippen molar-refractivity contribution < 1.29 is 14.3 Å². The van der Waals surface area contributed by atoms with Crippen LogP contribution in [0.15, 0.2) is 29.3 Å². The first kappa shape index (κ1) is 24.6. The zero-order valence-corrected chi connectivity index (χ0v) is 20.4. The lowest BCUT2D eigenvalue weighted by Crippen LogP contribution is -2.45. The van der Waals surface area contributed by atoms with Crippen LogP contribution < -0.4 is 20.1 Å². The molecule has 1 aliphatic heterocycles. The Morgan fingerprint density at radius 3 is 2.53 bits per heavy atom. The minimum absolute atomic E-state index is 0. The smallest absolute Gasteiger partial charge is 0.225 e. The van der Waals surface area contributed by atoms with Crippen LogP contribution in [0.1, 0.15) is 38.5 Å². The summed E-state index contributed by atoms with van der Waals surface area (Å²) in [5, 5.41) is 6.79. The van der Waals surface area contributed by atoms with Crippen LogP contribution in [0.5, 0.6) is 11.5 Å². The number of halogens is 1. The third-order valence-corrected chi connectivity index (χ3v) is 5.71. The first-order valence-corrected chi connectivity index (χ1v) is 10.7. The van der Waals surface area contributed by atoms with Gasteiger partial charge < -0.3 is 25.0 Å². The lowest BCUT2D eigenvalue weighted by Gasteiger charge is -2.21. The normalized spacial score (nSPS) is 19.3. The van der Waals surface area contributed by atoms with Gasteiger partial charge in [0.15, 0.2) is 5.96 Å². The highest BCUT2D eigenvalue weighted by atomic mass is 127. The summed E-state index contributed by atoms with van der Waals surface area (Å²) in [6, 6.07) is 7.86. The molecule has 1 atom stereocenters. The molecule has 1 aromatic carbocycles. The number of ether oxygens (including phenoxy) is 2. The highest BCUT2D eigenvalue weighted by Crippen LogP contribution is 2.27. The van der Waals surface area contributed by atoms with E-state index in [-0.39, 0.29) is 35.9 Å². The summed E-state index contributed by atoms with van der Waals surface area (Å²) in [6.07, 6.45) is 6.36. The van der Waals surface area contributed by atoms with E-state index >= 15 is 0 Å². The molecule has 2 aliphatic rings. The van der Waals surface area contributed by atoms with Gasteiger partial charge in [0.2, 0.25) is 5.91 Å². The molecular weight excluding hydrogens is 495 g/mol. The third-order valence-electron chi connectivity index (χ3n) is 5.71. The standard InChI is InChI=1S/C22H34N4O3.HI/c1-23-22(24-13-5-15-29-20-10-8-19(28-2)9-11-20)25-18-12-14-26(16-18)21(27)17-6-3-4-7-17;/h8-11,17-18H,3-7,12-16H2,1-2H3,(H2,23,24,25);1H. The van der Waals surface area contributed by atoms with Crippen LogP contribution in [-0.2, 0) is 4.79 Å². The van der Waals surface area contributed by atoms with Crippen LogP contribution in [0.4, 0.5) is 0 Å². The van der Waals surface area contributed by atoms with Crippen molar-refractivity contribution in [2.24, 2.45) is 10.9 Å². The van der Waals surface area contributed by atoms with Crippen molar-refractivity contribution in [3.8, 4) is 11.5 Å². The summed E-state index contributed by atoms with van der Waals surface area (Å²) in [5.74, 6) is 3.06. The van der Waals surface area contributed by atoms with Gasteiger partial charge in [-0.1, -0.05) is 12.8 Å². The number of methoxy groups -OCH3 is 1. The third kappa shape index (κ3) is 7.21. The second-order valence-corrected chi connectivity index (χ2v) is 7.77. The molecule has 3 rings (SSSR count). The lowest BCUT2D eigenvalue weighted by atomic mass is 10.1. The topological polar surface area (TPSA) is 75.2 Å². The van der Waals surface area contributed by atoms with Gasteiger partial charge in [0.25, 0.3) is 0 Å². The van der Waals surface area contributed by atoms with Crippen molar-refractivity contribution in [1.82, 2.24) is 15.5 Å². The Balaban J connectivity index is 0.00000320. The highest BCUT2D eigenvalue weighted by molar-refractivity contribution is 14.0. The number of amides is 1. The molecule has 1 saturated carbocycles. The predicted octanol–water partition coefficient (Wildman–Crippen LogP) is 3.04.